The van der Waals surface area contributed by atoms with Gasteiger partial charge in [-0.25, -0.2) is 4.98 Å². The number of carboxylic acid groups (broad SMARTS) is 1. The molecule has 0 radical (unpaired) electrons. The number of aromatic nitrogens is 1. The molecule has 0 aliphatic rings. The highest BCUT2D eigenvalue weighted by atomic mass is 32.1. The Bertz CT molecular complexity index is 338. The standard InChI is InChI=1S/C11H18N2O2S/c1-3-5-6-13(4-2)7-10-12-9(8-16-10)11(14)15/h8H,3-7H2,1-2H3,(H,14,15). The van der Waals surface area contributed by atoms with Gasteiger partial charge < -0.3 is 14.8 Å². The van der Waals surface area contributed by atoms with Gasteiger partial charge in [0.25, 0.3) is 0 Å². The Labute approximate surface area is 99.9 Å². The number of quaternary nitrogens is 1. The molecular formula is C11H18N2O2S. The Kier molecular flexibility index (Phi) is 5.42. The van der Waals surface area contributed by atoms with Crippen LogP contribution in [0.4, 0.5) is 0 Å². The van der Waals surface area contributed by atoms with E-state index in [1.54, 1.807) is 5.38 Å². The molecule has 0 aliphatic carbocycles. The van der Waals surface area contributed by atoms with Gasteiger partial charge in [-0.2, -0.15) is 0 Å². The van der Waals surface area contributed by atoms with E-state index in [4.69, 9.17) is 0 Å². The molecule has 1 N–H and O–H groups in total. The molecule has 1 atom stereocenters. The Morgan fingerprint density at radius 1 is 1.56 bits per heavy atom. The first-order chi connectivity index (χ1) is 7.67. The molecule has 16 heavy (non-hydrogen) atoms. The monoisotopic (exact) mass is 242 g/mol. The van der Waals surface area contributed by atoms with Crippen molar-refractivity contribution < 1.29 is 14.8 Å². The summed E-state index contributed by atoms with van der Waals surface area (Å²) in [5.41, 5.74) is 0.0611. The van der Waals surface area contributed by atoms with Crippen LogP contribution in [0.3, 0.4) is 0 Å². The van der Waals surface area contributed by atoms with E-state index in [1.165, 1.54) is 29.1 Å². The summed E-state index contributed by atoms with van der Waals surface area (Å²) < 4.78 is 0. The molecule has 5 heteroatoms. The van der Waals surface area contributed by atoms with Crippen LogP contribution in [-0.2, 0) is 6.54 Å². The molecule has 1 aromatic rings. The summed E-state index contributed by atoms with van der Waals surface area (Å²) in [5, 5.41) is 13.0. The third-order valence-corrected chi connectivity index (χ3v) is 3.39. The largest absolute Gasteiger partial charge is 0.543 e. The second kappa shape index (κ2) is 6.60. The fourth-order valence-corrected chi connectivity index (χ4v) is 2.35. The van der Waals surface area contributed by atoms with Crippen LogP contribution < -0.4 is 10.0 Å². The van der Waals surface area contributed by atoms with Gasteiger partial charge in [-0.1, -0.05) is 13.3 Å². The number of carbonyl (C=O) groups excluding carboxylic acids is 1. The van der Waals surface area contributed by atoms with Gasteiger partial charge in [0.1, 0.15) is 11.6 Å². The zero-order chi connectivity index (χ0) is 12.0. The number of nitrogens with zero attached hydrogens (tertiary/aromatic N) is 1. The number of aromatic carboxylic acids is 1. The third kappa shape index (κ3) is 3.90. The summed E-state index contributed by atoms with van der Waals surface area (Å²) in [5.74, 6) is -1.19. The molecular weight excluding hydrogens is 224 g/mol. The number of nitrogens with one attached hydrogen (secondary N) is 1. The van der Waals surface area contributed by atoms with Crippen LogP contribution in [0.2, 0.25) is 0 Å². The Balaban J connectivity index is 2.52. The molecule has 4 nitrogen and oxygen atoms in total. The van der Waals surface area contributed by atoms with Crippen LogP contribution >= 0.6 is 11.3 Å². The molecule has 0 bridgehead atoms. The van der Waals surface area contributed by atoms with E-state index in [1.807, 2.05) is 0 Å². The lowest BCUT2D eigenvalue weighted by molar-refractivity contribution is -0.912. The van der Waals surface area contributed by atoms with E-state index >= 15 is 0 Å². The first kappa shape index (κ1) is 13.1. The Morgan fingerprint density at radius 3 is 2.81 bits per heavy atom. The maximum absolute atomic E-state index is 10.6. The van der Waals surface area contributed by atoms with Gasteiger partial charge in [0.2, 0.25) is 0 Å². The van der Waals surface area contributed by atoms with Crippen molar-refractivity contribution in [2.24, 2.45) is 0 Å². The van der Waals surface area contributed by atoms with E-state index in [-0.39, 0.29) is 5.69 Å². The van der Waals surface area contributed by atoms with E-state index in [9.17, 15) is 9.90 Å². The topological polar surface area (TPSA) is 57.5 Å². The van der Waals surface area contributed by atoms with Crippen LogP contribution in [-0.4, -0.2) is 24.0 Å². The van der Waals surface area contributed by atoms with Gasteiger partial charge in [0.15, 0.2) is 0 Å². The number of carbonyl (C=O) groups is 1. The lowest BCUT2D eigenvalue weighted by atomic mass is 10.3. The minimum atomic E-state index is -1.19. The molecule has 0 saturated heterocycles. The van der Waals surface area contributed by atoms with Crippen molar-refractivity contribution in [2.45, 2.75) is 33.2 Å². The molecule has 1 heterocycles. The minimum Gasteiger partial charge on any atom is -0.543 e. The smallest absolute Gasteiger partial charge is 0.148 e. The third-order valence-electron chi connectivity index (χ3n) is 2.55. The predicted octanol–water partition coefficient (Wildman–Crippen LogP) is -0.288. The SMILES string of the molecule is CCCC[NH+](CC)Cc1nc(C(=O)[O-])cs1. The quantitative estimate of drug-likeness (QED) is 0.715. The van der Waals surface area contributed by atoms with Crippen LogP contribution in [0.15, 0.2) is 5.38 Å². The first-order valence-electron chi connectivity index (χ1n) is 5.66. The predicted molar refractivity (Wildman–Crippen MR) is 61.4 cm³/mol. The van der Waals surface area contributed by atoms with Crippen molar-refractivity contribution >= 4 is 17.3 Å². The number of thiazole rings is 1. The summed E-state index contributed by atoms with van der Waals surface area (Å²) in [6.07, 6.45) is 2.38. The molecule has 0 saturated carbocycles. The second-order valence-corrected chi connectivity index (χ2v) is 4.74. The van der Waals surface area contributed by atoms with Crippen molar-refractivity contribution in [1.29, 1.82) is 0 Å². The van der Waals surface area contributed by atoms with Gasteiger partial charge in [0.05, 0.1) is 24.8 Å². The van der Waals surface area contributed by atoms with E-state index in [0.717, 1.165) is 24.6 Å². The van der Waals surface area contributed by atoms with E-state index in [2.05, 4.69) is 18.8 Å². The van der Waals surface area contributed by atoms with E-state index in [0.29, 0.717) is 0 Å². The van der Waals surface area contributed by atoms with Crippen LogP contribution in [0.5, 0.6) is 0 Å². The molecule has 0 aliphatic heterocycles. The van der Waals surface area contributed by atoms with Gasteiger partial charge in [-0.15, -0.1) is 11.3 Å². The van der Waals surface area contributed by atoms with Gasteiger partial charge in [-0.3, -0.25) is 0 Å². The molecule has 90 valence electrons. The van der Waals surface area contributed by atoms with Gasteiger partial charge in [0, 0.05) is 5.38 Å². The Hall–Kier alpha value is -0.940. The van der Waals surface area contributed by atoms with Crippen LogP contribution in [0.1, 0.15) is 42.2 Å². The fourth-order valence-electron chi connectivity index (χ4n) is 1.52. The molecule has 1 rings (SSSR count). The summed E-state index contributed by atoms with van der Waals surface area (Å²) in [6.45, 7) is 7.28. The van der Waals surface area contributed by atoms with Gasteiger partial charge >= 0.3 is 0 Å². The van der Waals surface area contributed by atoms with Crippen molar-refractivity contribution in [1.82, 2.24) is 4.98 Å². The van der Waals surface area contributed by atoms with Crippen molar-refractivity contribution in [3.05, 3.63) is 16.1 Å². The highest BCUT2D eigenvalue weighted by Crippen LogP contribution is 2.07. The number of carboxylic acids is 1. The molecule has 0 amide bonds. The average Bonchev–Trinajstić information content (AvgIpc) is 2.72. The van der Waals surface area contributed by atoms with Crippen LogP contribution in [0, 0.1) is 0 Å². The number of hydrogen-bond donors (Lipinski definition) is 1. The lowest BCUT2D eigenvalue weighted by Gasteiger charge is -2.15. The normalized spacial score (nSPS) is 12.6. The first-order valence-corrected chi connectivity index (χ1v) is 6.54. The van der Waals surface area contributed by atoms with Crippen molar-refractivity contribution in [3.63, 3.8) is 0 Å². The molecule has 0 spiro atoms. The van der Waals surface area contributed by atoms with Crippen molar-refractivity contribution in [3.8, 4) is 0 Å². The zero-order valence-electron chi connectivity index (χ0n) is 9.78. The lowest BCUT2D eigenvalue weighted by Crippen LogP contribution is -3.10. The summed E-state index contributed by atoms with van der Waals surface area (Å²) in [6, 6.07) is 0. The average molecular weight is 242 g/mol. The van der Waals surface area contributed by atoms with Gasteiger partial charge in [-0.05, 0) is 13.3 Å². The number of hydrogen-bond acceptors (Lipinski definition) is 4. The van der Waals surface area contributed by atoms with Crippen molar-refractivity contribution in [2.75, 3.05) is 13.1 Å². The second-order valence-electron chi connectivity index (χ2n) is 3.80. The number of unbranched alkanes of at least 4 members (excludes halogenated alkanes) is 1. The fraction of sp³-hybridized carbons (Fsp3) is 0.636. The molecule has 1 unspecified atom stereocenters. The summed E-state index contributed by atoms with van der Waals surface area (Å²) in [4.78, 5) is 16.1. The minimum absolute atomic E-state index is 0.0611. The molecule has 1 aromatic heterocycles. The van der Waals surface area contributed by atoms with Crippen LogP contribution in [0.25, 0.3) is 0 Å². The Morgan fingerprint density at radius 2 is 2.31 bits per heavy atom. The number of rotatable bonds is 7. The molecule has 0 aromatic carbocycles. The van der Waals surface area contributed by atoms with E-state index < -0.39 is 5.97 Å². The summed E-state index contributed by atoms with van der Waals surface area (Å²) in [7, 11) is 0. The maximum atomic E-state index is 10.6. The maximum Gasteiger partial charge on any atom is 0.148 e. The summed E-state index contributed by atoms with van der Waals surface area (Å²) >= 11 is 1.40. The highest BCUT2D eigenvalue weighted by Gasteiger charge is 2.10. The zero-order valence-corrected chi connectivity index (χ0v) is 10.6. The molecule has 0 fully saturated rings. The highest BCUT2D eigenvalue weighted by molar-refractivity contribution is 7.09.